The Morgan fingerprint density at radius 1 is 1.41 bits per heavy atom. The van der Waals surface area contributed by atoms with Crippen LogP contribution in [0.2, 0.25) is 0 Å². The average molecular weight is 232 g/mol. The third kappa shape index (κ3) is 4.17. The van der Waals surface area contributed by atoms with Crippen molar-refractivity contribution in [3.8, 4) is 11.8 Å². The second-order valence-electron chi connectivity index (χ2n) is 3.57. The van der Waals surface area contributed by atoms with Gasteiger partial charge < -0.3 is 15.3 Å². The standard InChI is InChI=1S/C13H16N2O2/c1-14-13(17)15(2)10-12-7-5-11(6-8-12)4-3-9-16/h5-8,16H,9-10H2,1-2H3,(H,14,17). The molecule has 0 saturated heterocycles. The van der Waals surface area contributed by atoms with Crippen molar-refractivity contribution >= 4 is 6.03 Å². The lowest BCUT2D eigenvalue weighted by molar-refractivity contribution is 0.209. The fourth-order valence-electron chi connectivity index (χ4n) is 1.37. The highest BCUT2D eigenvalue weighted by Gasteiger charge is 2.05. The first-order chi connectivity index (χ1) is 8.17. The maximum absolute atomic E-state index is 11.3. The summed E-state index contributed by atoms with van der Waals surface area (Å²) in [5.41, 5.74) is 1.89. The van der Waals surface area contributed by atoms with Crippen molar-refractivity contribution in [2.45, 2.75) is 6.54 Å². The van der Waals surface area contributed by atoms with Gasteiger partial charge in [0.1, 0.15) is 6.61 Å². The Morgan fingerprint density at radius 3 is 2.59 bits per heavy atom. The second-order valence-corrected chi connectivity index (χ2v) is 3.57. The van der Waals surface area contributed by atoms with Crippen LogP contribution in [0.4, 0.5) is 4.79 Å². The maximum atomic E-state index is 11.3. The number of aliphatic hydroxyl groups excluding tert-OH is 1. The van der Waals surface area contributed by atoms with Gasteiger partial charge in [-0.25, -0.2) is 4.79 Å². The fraction of sp³-hybridized carbons (Fsp3) is 0.308. The summed E-state index contributed by atoms with van der Waals surface area (Å²) in [7, 11) is 3.34. The van der Waals surface area contributed by atoms with E-state index in [0.717, 1.165) is 11.1 Å². The Bertz CT molecular complexity index is 429. The zero-order chi connectivity index (χ0) is 12.7. The number of hydrogen-bond donors (Lipinski definition) is 2. The van der Waals surface area contributed by atoms with E-state index in [1.165, 1.54) is 0 Å². The van der Waals surface area contributed by atoms with Crippen LogP contribution < -0.4 is 5.32 Å². The van der Waals surface area contributed by atoms with Crippen LogP contribution in [-0.2, 0) is 6.54 Å². The minimum Gasteiger partial charge on any atom is -0.384 e. The largest absolute Gasteiger partial charge is 0.384 e. The molecule has 0 aliphatic rings. The van der Waals surface area contributed by atoms with Crippen LogP contribution >= 0.6 is 0 Å². The molecule has 4 heteroatoms. The first-order valence-corrected chi connectivity index (χ1v) is 5.29. The SMILES string of the molecule is CNC(=O)N(C)Cc1ccc(C#CCO)cc1. The summed E-state index contributed by atoms with van der Waals surface area (Å²) in [5, 5.41) is 11.1. The monoisotopic (exact) mass is 232 g/mol. The van der Waals surface area contributed by atoms with Gasteiger partial charge in [-0.2, -0.15) is 0 Å². The van der Waals surface area contributed by atoms with Gasteiger partial charge in [-0.1, -0.05) is 24.0 Å². The molecule has 17 heavy (non-hydrogen) atoms. The Kier molecular flexibility index (Phi) is 5.05. The van der Waals surface area contributed by atoms with E-state index in [4.69, 9.17) is 5.11 Å². The molecule has 2 N–H and O–H groups in total. The number of nitrogens with one attached hydrogen (secondary N) is 1. The molecule has 1 aromatic carbocycles. The molecule has 0 atom stereocenters. The maximum Gasteiger partial charge on any atom is 0.317 e. The summed E-state index contributed by atoms with van der Waals surface area (Å²) in [4.78, 5) is 12.9. The summed E-state index contributed by atoms with van der Waals surface area (Å²) in [6, 6.07) is 7.46. The first kappa shape index (κ1) is 13.1. The Hall–Kier alpha value is -1.99. The Labute approximate surface area is 101 Å². The smallest absolute Gasteiger partial charge is 0.317 e. The number of amides is 2. The molecule has 0 heterocycles. The number of benzene rings is 1. The number of hydrogen-bond acceptors (Lipinski definition) is 2. The molecule has 90 valence electrons. The van der Waals surface area contributed by atoms with E-state index >= 15 is 0 Å². The van der Waals surface area contributed by atoms with Crippen molar-refractivity contribution in [2.24, 2.45) is 0 Å². The van der Waals surface area contributed by atoms with Crippen LogP contribution in [0.15, 0.2) is 24.3 Å². The molecular weight excluding hydrogens is 216 g/mol. The highest BCUT2D eigenvalue weighted by molar-refractivity contribution is 5.73. The summed E-state index contributed by atoms with van der Waals surface area (Å²) in [6.07, 6.45) is 0. The molecular formula is C13H16N2O2. The fourth-order valence-corrected chi connectivity index (χ4v) is 1.37. The minimum atomic E-state index is -0.138. The van der Waals surface area contributed by atoms with Crippen LogP contribution in [0.5, 0.6) is 0 Å². The minimum absolute atomic E-state index is 0.117. The van der Waals surface area contributed by atoms with E-state index in [1.54, 1.807) is 19.0 Å². The number of aliphatic hydroxyl groups is 1. The number of carbonyl (C=O) groups excluding carboxylic acids is 1. The van der Waals surface area contributed by atoms with E-state index in [-0.39, 0.29) is 12.6 Å². The number of rotatable bonds is 2. The van der Waals surface area contributed by atoms with Gasteiger partial charge in [0.2, 0.25) is 0 Å². The molecule has 0 saturated carbocycles. The summed E-state index contributed by atoms with van der Waals surface area (Å²) in [5.74, 6) is 5.40. The first-order valence-electron chi connectivity index (χ1n) is 5.29. The molecule has 0 aliphatic carbocycles. The van der Waals surface area contributed by atoms with Gasteiger partial charge in [0.25, 0.3) is 0 Å². The molecule has 2 amide bonds. The molecule has 0 aliphatic heterocycles. The predicted molar refractivity (Wildman–Crippen MR) is 66.3 cm³/mol. The van der Waals surface area contributed by atoms with Gasteiger partial charge >= 0.3 is 6.03 Å². The van der Waals surface area contributed by atoms with Crippen molar-refractivity contribution in [1.29, 1.82) is 0 Å². The molecule has 1 rings (SSSR count). The zero-order valence-corrected chi connectivity index (χ0v) is 10.0. The number of nitrogens with zero attached hydrogens (tertiary/aromatic N) is 1. The lowest BCUT2D eigenvalue weighted by Gasteiger charge is -2.16. The van der Waals surface area contributed by atoms with Crippen LogP contribution in [0.3, 0.4) is 0 Å². The van der Waals surface area contributed by atoms with Gasteiger partial charge in [0.15, 0.2) is 0 Å². The van der Waals surface area contributed by atoms with Gasteiger partial charge in [0.05, 0.1) is 0 Å². The molecule has 0 bridgehead atoms. The third-order valence-corrected chi connectivity index (χ3v) is 2.25. The van der Waals surface area contributed by atoms with Crippen LogP contribution in [0.25, 0.3) is 0 Å². The van der Waals surface area contributed by atoms with Crippen molar-refractivity contribution in [1.82, 2.24) is 10.2 Å². The van der Waals surface area contributed by atoms with Gasteiger partial charge in [-0.3, -0.25) is 0 Å². The highest BCUT2D eigenvalue weighted by atomic mass is 16.2. The second kappa shape index (κ2) is 6.56. The summed E-state index contributed by atoms with van der Waals surface area (Å²) < 4.78 is 0. The van der Waals surface area contributed by atoms with E-state index in [0.29, 0.717) is 6.54 Å². The lowest BCUT2D eigenvalue weighted by Crippen LogP contribution is -2.34. The van der Waals surface area contributed by atoms with E-state index in [1.807, 2.05) is 24.3 Å². The van der Waals surface area contributed by atoms with Crippen molar-refractivity contribution in [2.75, 3.05) is 20.7 Å². The normalized spacial score (nSPS) is 9.12. The van der Waals surface area contributed by atoms with Crippen molar-refractivity contribution in [3.63, 3.8) is 0 Å². The Balaban J connectivity index is 2.65. The van der Waals surface area contributed by atoms with Gasteiger partial charge in [-0.05, 0) is 17.7 Å². The molecule has 4 nitrogen and oxygen atoms in total. The highest BCUT2D eigenvalue weighted by Crippen LogP contribution is 2.06. The van der Waals surface area contributed by atoms with E-state index < -0.39 is 0 Å². The van der Waals surface area contributed by atoms with Gasteiger partial charge in [-0.15, -0.1) is 0 Å². The summed E-state index contributed by atoms with van der Waals surface area (Å²) in [6.45, 7) is 0.411. The molecule has 0 fully saturated rings. The molecule has 0 aromatic heterocycles. The summed E-state index contributed by atoms with van der Waals surface area (Å²) >= 11 is 0. The van der Waals surface area contributed by atoms with Gasteiger partial charge in [0, 0.05) is 26.2 Å². The van der Waals surface area contributed by atoms with Crippen LogP contribution in [-0.4, -0.2) is 36.7 Å². The third-order valence-electron chi connectivity index (χ3n) is 2.25. The van der Waals surface area contributed by atoms with E-state index in [9.17, 15) is 4.79 Å². The van der Waals surface area contributed by atoms with E-state index in [2.05, 4.69) is 17.2 Å². The zero-order valence-electron chi connectivity index (χ0n) is 10.0. The molecule has 0 unspecified atom stereocenters. The predicted octanol–water partition coefficient (Wildman–Crippen LogP) is 0.802. The van der Waals surface area contributed by atoms with Crippen LogP contribution in [0.1, 0.15) is 11.1 Å². The van der Waals surface area contributed by atoms with Crippen molar-refractivity contribution < 1.29 is 9.90 Å². The quantitative estimate of drug-likeness (QED) is 0.741. The average Bonchev–Trinajstić information content (AvgIpc) is 2.37. The molecule has 1 aromatic rings. The number of urea groups is 1. The van der Waals surface area contributed by atoms with Crippen molar-refractivity contribution in [3.05, 3.63) is 35.4 Å². The van der Waals surface area contributed by atoms with Crippen LogP contribution in [0, 0.1) is 11.8 Å². The topological polar surface area (TPSA) is 52.6 Å². The Morgan fingerprint density at radius 2 is 2.06 bits per heavy atom. The lowest BCUT2D eigenvalue weighted by atomic mass is 10.1. The molecule has 0 radical (unpaired) electrons. The number of carbonyl (C=O) groups is 1. The molecule has 0 spiro atoms.